The van der Waals surface area contributed by atoms with Crippen molar-refractivity contribution in [2.75, 3.05) is 0 Å². The molecule has 0 saturated carbocycles. The number of hydrogen-bond acceptors (Lipinski definition) is 2. The molecule has 0 aliphatic carbocycles. The summed E-state index contributed by atoms with van der Waals surface area (Å²) in [7, 11) is -3.79. The van der Waals surface area contributed by atoms with E-state index < -0.39 is 26.2 Å². The Kier molecular flexibility index (Phi) is 7.23. The summed E-state index contributed by atoms with van der Waals surface area (Å²) in [5.41, 5.74) is 0. The first-order valence-electron chi connectivity index (χ1n) is 7.82. The van der Waals surface area contributed by atoms with Crippen molar-refractivity contribution in [1.82, 2.24) is 0 Å². The zero-order valence-electron chi connectivity index (χ0n) is 14.9. The van der Waals surface area contributed by atoms with E-state index in [0.29, 0.717) is 0 Å². The molecule has 0 N–H and O–H groups in total. The fourth-order valence-corrected chi connectivity index (χ4v) is 10.5. The smallest absolute Gasteiger partial charge is 0.216 e. The lowest BCUT2D eigenvalue weighted by Crippen LogP contribution is -2.62. The van der Waals surface area contributed by atoms with E-state index >= 15 is 0 Å². The SMILES string of the molecule is CCC(C)(O[Si](C)(C)[C@](C)(CC)O[SiH](C)C)[SiH](C)C. The Balaban J connectivity index is 5.22. The Bertz CT molecular complexity index is 282. The molecule has 0 fully saturated rings. The molecule has 0 aliphatic heterocycles. The van der Waals surface area contributed by atoms with Crippen LogP contribution in [0.2, 0.25) is 39.3 Å². The molecular weight excluding hydrogens is 284 g/mol. The van der Waals surface area contributed by atoms with Gasteiger partial charge >= 0.3 is 0 Å². The molecule has 5 heteroatoms. The van der Waals surface area contributed by atoms with Crippen LogP contribution in [0.1, 0.15) is 40.5 Å². The van der Waals surface area contributed by atoms with Crippen LogP contribution in [0.4, 0.5) is 0 Å². The lowest BCUT2D eigenvalue weighted by molar-refractivity contribution is 0.0830. The normalized spacial score (nSPS) is 19.6. The van der Waals surface area contributed by atoms with Crippen molar-refractivity contribution in [3.05, 3.63) is 0 Å². The van der Waals surface area contributed by atoms with E-state index in [1.807, 2.05) is 0 Å². The Labute approximate surface area is 125 Å². The van der Waals surface area contributed by atoms with Crippen LogP contribution in [0.25, 0.3) is 0 Å². The van der Waals surface area contributed by atoms with Crippen molar-refractivity contribution in [3.8, 4) is 0 Å². The van der Waals surface area contributed by atoms with Crippen LogP contribution in [0.5, 0.6) is 0 Å². The summed E-state index contributed by atoms with van der Waals surface area (Å²) in [5, 5.41) is 0.0567. The van der Waals surface area contributed by atoms with Gasteiger partial charge in [0.2, 0.25) is 8.32 Å². The Hall–Kier alpha value is 0.571. The van der Waals surface area contributed by atoms with Crippen molar-refractivity contribution in [1.29, 1.82) is 0 Å². The third-order valence-electron chi connectivity index (χ3n) is 4.86. The summed E-state index contributed by atoms with van der Waals surface area (Å²) < 4.78 is 13.2. The Morgan fingerprint density at radius 1 is 0.947 bits per heavy atom. The second-order valence-corrected chi connectivity index (χ2v) is 17.3. The van der Waals surface area contributed by atoms with E-state index in [2.05, 4.69) is 67.0 Å². The molecule has 19 heavy (non-hydrogen) atoms. The van der Waals surface area contributed by atoms with Crippen molar-refractivity contribution in [3.63, 3.8) is 0 Å². The number of rotatable bonds is 8. The van der Waals surface area contributed by atoms with Crippen molar-refractivity contribution >= 4 is 26.2 Å². The van der Waals surface area contributed by atoms with Gasteiger partial charge in [0.05, 0.1) is 14.0 Å². The van der Waals surface area contributed by atoms with Gasteiger partial charge in [0, 0.05) is 5.22 Å². The summed E-state index contributed by atoms with van der Waals surface area (Å²) in [6.45, 7) is 23.1. The molecular formula is C14H36O2Si3. The molecule has 2 atom stereocenters. The maximum Gasteiger partial charge on any atom is 0.216 e. The van der Waals surface area contributed by atoms with Gasteiger partial charge in [-0.2, -0.15) is 0 Å². The van der Waals surface area contributed by atoms with E-state index in [9.17, 15) is 0 Å². The fraction of sp³-hybridized carbons (Fsp3) is 1.00. The standard InChI is InChI=1S/C14H36O2Si3/c1-11-13(3,17(5)6)16-19(9,10)14(4,12-2)15-18(7)8/h17-18H,11-12H2,1-10H3/t13?,14-/m1/s1. The molecule has 0 aromatic heterocycles. The summed E-state index contributed by atoms with van der Waals surface area (Å²) in [6.07, 6.45) is 2.17. The van der Waals surface area contributed by atoms with E-state index in [1.54, 1.807) is 0 Å². The monoisotopic (exact) mass is 320 g/mol. The molecule has 0 spiro atoms. The van der Waals surface area contributed by atoms with Gasteiger partial charge in [-0.25, -0.2) is 0 Å². The van der Waals surface area contributed by atoms with Gasteiger partial charge in [-0.1, -0.05) is 26.9 Å². The molecule has 0 bridgehead atoms. The second-order valence-electron chi connectivity index (χ2n) is 7.18. The zero-order chi connectivity index (χ0) is 15.5. The first-order chi connectivity index (χ1) is 8.44. The highest BCUT2D eigenvalue weighted by Crippen LogP contribution is 2.35. The van der Waals surface area contributed by atoms with E-state index in [1.165, 1.54) is 0 Å². The minimum Gasteiger partial charge on any atom is -0.415 e. The molecule has 0 rings (SSSR count). The van der Waals surface area contributed by atoms with Gasteiger partial charge in [0.15, 0.2) is 9.04 Å². The largest absolute Gasteiger partial charge is 0.415 e. The topological polar surface area (TPSA) is 18.5 Å². The third kappa shape index (κ3) is 4.81. The molecule has 2 nitrogen and oxygen atoms in total. The molecule has 116 valence electrons. The summed E-state index contributed by atoms with van der Waals surface area (Å²) >= 11 is 0. The minimum atomic E-state index is -1.89. The molecule has 0 aromatic carbocycles. The van der Waals surface area contributed by atoms with Gasteiger partial charge in [-0.05, 0) is 52.9 Å². The average Bonchev–Trinajstić information content (AvgIpc) is 2.26. The number of hydrogen-bond donors (Lipinski definition) is 0. The van der Waals surface area contributed by atoms with Crippen LogP contribution in [-0.2, 0) is 8.85 Å². The molecule has 0 heterocycles. The van der Waals surface area contributed by atoms with Crippen LogP contribution in [0, 0.1) is 0 Å². The van der Waals surface area contributed by atoms with Crippen molar-refractivity contribution < 1.29 is 8.85 Å². The van der Waals surface area contributed by atoms with Crippen LogP contribution in [0.3, 0.4) is 0 Å². The van der Waals surface area contributed by atoms with Crippen LogP contribution < -0.4 is 0 Å². The van der Waals surface area contributed by atoms with Gasteiger partial charge in [0.1, 0.15) is 0 Å². The molecule has 1 unspecified atom stereocenters. The summed E-state index contributed by atoms with van der Waals surface area (Å²) in [5.74, 6) is 0. The Morgan fingerprint density at radius 3 is 1.68 bits per heavy atom. The second kappa shape index (κ2) is 7.02. The van der Waals surface area contributed by atoms with Gasteiger partial charge in [0.25, 0.3) is 0 Å². The molecule has 0 aromatic rings. The van der Waals surface area contributed by atoms with Crippen LogP contribution >= 0.6 is 0 Å². The molecule has 0 saturated heterocycles. The first-order valence-corrected chi connectivity index (χ1v) is 16.4. The van der Waals surface area contributed by atoms with Crippen LogP contribution in [0.15, 0.2) is 0 Å². The van der Waals surface area contributed by atoms with Gasteiger partial charge in [-0.3, -0.25) is 0 Å². The average molecular weight is 321 g/mol. The lowest BCUT2D eigenvalue weighted by Gasteiger charge is -2.49. The minimum absolute atomic E-state index is 0.0485. The first kappa shape index (κ1) is 19.6. The van der Waals surface area contributed by atoms with Crippen molar-refractivity contribution in [2.24, 2.45) is 0 Å². The van der Waals surface area contributed by atoms with Gasteiger partial charge < -0.3 is 8.85 Å². The highest BCUT2D eigenvalue weighted by atomic mass is 28.4. The predicted octanol–water partition coefficient (Wildman–Crippen LogP) is 4.11. The highest BCUT2D eigenvalue weighted by Gasteiger charge is 2.49. The Morgan fingerprint density at radius 2 is 1.42 bits per heavy atom. The maximum atomic E-state index is 6.79. The van der Waals surface area contributed by atoms with Crippen molar-refractivity contribution in [2.45, 2.75) is 90.3 Å². The fourth-order valence-electron chi connectivity index (χ4n) is 2.46. The molecule has 0 radical (unpaired) electrons. The zero-order valence-corrected chi connectivity index (χ0v) is 18.2. The highest BCUT2D eigenvalue weighted by molar-refractivity contribution is 6.76. The van der Waals surface area contributed by atoms with E-state index in [4.69, 9.17) is 8.85 Å². The summed E-state index contributed by atoms with van der Waals surface area (Å²) in [6, 6.07) is 0. The van der Waals surface area contributed by atoms with E-state index in [0.717, 1.165) is 12.8 Å². The van der Waals surface area contributed by atoms with Crippen LogP contribution in [-0.4, -0.2) is 36.6 Å². The van der Waals surface area contributed by atoms with E-state index in [-0.39, 0.29) is 10.4 Å². The quantitative estimate of drug-likeness (QED) is 0.627. The summed E-state index contributed by atoms with van der Waals surface area (Å²) in [4.78, 5) is 0. The molecule has 0 amide bonds. The predicted molar refractivity (Wildman–Crippen MR) is 94.8 cm³/mol. The lowest BCUT2D eigenvalue weighted by atomic mass is 10.3. The van der Waals surface area contributed by atoms with Gasteiger partial charge in [-0.15, -0.1) is 0 Å². The molecule has 0 aliphatic rings. The third-order valence-corrected chi connectivity index (χ3v) is 13.3. The maximum absolute atomic E-state index is 6.79.